The number of ketones is 1. The van der Waals surface area contributed by atoms with Gasteiger partial charge in [-0.2, -0.15) is 0 Å². The molecule has 2 rings (SSSR count). The molecule has 1 aromatic rings. The van der Waals surface area contributed by atoms with Crippen LogP contribution in [0.1, 0.15) is 31.1 Å². The first kappa shape index (κ1) is 11.7. The van der Waals surface area contributed by atoms with Gasteiger partial charge in [0.2, 0.25) is 0 Å². The number of carbonyl (C=O) groups excluding carboxylic acids is 1. The molecule has 1 aliphatic heterocycles. The molecule has 0 aliphatic carbocycles. The molecule has 1 N–H and O–H groups in total. The summed E-state index contributed by atoms with van der Waals surface area (Å²) in [5.41, 5.74) is 1.36. The Labute approximate surface area is 101 Å². The van der Waals surface area contributed by atoms with E-state index in [0.717, 1.165) is 5.70 Å². The van der Waals surface area contributed by atoms with Crippen molar-refractivity contribution in [3.63, 3.8) is 0 Å². The van der Waals surface area contributed by atoms with E-state index in [-0.39, 0.29) is 11.3 Å². The van der Waals surface area contributed by atoms with Gasteiger partial charge in [-0.3, -0.25) is 4.79 Å². The molecule has 0 fully saturated rings. The molecule has 0 bridgehead atoms. The van der Waals surface area contributed by atoms with Crippen molar-refractivity contribution >= 4 is 5.78 Å². The van der Waals surface area contributed by atoms with Crippen LogP contribution >= 0.6 is 0 Å². The van der Waals surface area contributed by atoms with E-state index in [1.807, 2.05) is 18.2 Å². The standard InChI is InChI=1S/C14H17NO2/c1-14(2,3)15-10-8-12(16)11-6-4-5-7-13(11)17-9-10/h4-8,15H,9H2,1-3H3. The summed E-state index contributed by atoms with van der Waals surface area (Å²) in [6.07, 6.45) is 1.62. The molecule has 1 heterocycles. The number of para-hydroxylation sites is 1. The molecule has 1 aromatic carbocycles. The van der Waals surface area contributed by atoms with Crippen LogP contribution in [0, 0.1) is 0 Å². The summed E-state index contributed by atoms with van der Waals surface area (Å²) in [6.45, 7) is 6.56. The van der Waals surface area contributed by atoms with Crippen molar-refractivity contribution in [2.75, 3.05) is 6.61 Å². The quantitative estimate of drug-likeness (QED) is 0.807. The number of nitrogens with one attached hydrogen (secondary N) is 1. The van der Waals surface area contributed by atoms with Crippen molar-refractivity contribution in [3.8, 4) is 5.75 Å². The highest BCUT2D eigenvalue weighted by Gasteiger charge is 2.18. The number of hydrogen-bond acceptors (Lipinski definition) is 3. The highest BCUT2D eigenvalue weighted by atomic mass is 16.5. The minimum absolute atomic E-state index is 0.00940. The van der Waals surface area contributed by atoms with Crippen LogP contribution in [0.2, 0.25) is 0 Å². The lowest BCUT2D eigenvalue weighted by atomic mass is 10.1. The van der Waals surface area contributed by atoms with E-state index in [9.17, 15) is 4.79 Å². The Bertz CT molecular complexity index is 469. The van der Waals surface area contributed by atoms with Crippen LogP contribution in [-0.4, -0.2) is 17.9 Å². The molecule has 0 radical (unpaired) electrons. The van der Waals surface area contributed by atoms with Crippen molar-refractivity contribution in [2.45, 2.75) is 26.3 Å². The number of allylic oxidation sites excluding steroid dienone is 1. The second-order valence-corrected chi connectivity index (χ2v) is 5.19. The van der Waals surface area contributed by atoms with Gasteiger partial charge in [-0.15, -0.1) is 0 Å². The molecule has 0 atom stereocenters. The zero-order valence-corrected chi connectivity index (χ0v) is 10.4. The Morgan fingerprint density at radius 3 is 2.65 bits per heavy atom. The molecule has 0 amide bonds. The molecular formula is C14H17NO2. The summed E-state index contributed by atoms with van der Waals surface area (Å²) in [4.78, 5) is 12.0. The second kappa shape index (κ2) is 4.24. The lowest BCUT2D eigenvalue weighted by Gasteiger charge is -2.23. The van der Waals surface area contributed by atoms with Crippen LogP contribution in [0.15, 0.2) is 36.0 Å². The number of carbonyl (C=O) groups is 1. The van der Waals surface area contributed by atoms with Gasteiger partial charge >= 0.3 is 0 Å². The van der Waals surface area contributed by atoms with Gasteiger partial charge in [-0.05, 0) is 32.9 Å². The monoisotopic (exact) mass is 231 g/mol. The second-order valence-electron chi connectivity index (χ2n) is 5.19. The van der Waals surface area contributed by atoms with Crippen molar-refractivity contribution < 1.29 is 9.53 Å². The topological polar surface area (TPSA) is 38.3 Å². The minimum Gasteiger partial charge on any atom is -0.487 e. The average Bonchev–Trinajstić information content (AvgIpc) is 2.37. The predicted octanol–water partition coefficient (Wildman–Crippen LogP) is 2.53. The maximum Gasteiger partial charge on any atom is 0.191 e. The van der Waals surface area contributed by atoms with Gasteiger partial charge in [0.1, 0.15) is 12.4 Å². The van der Waals surface area contributed by atoms with Gasteiger partial charge in [0.05, 0.1) is 11.3 Å². The summed E-state index contributed by atoms with van der Waals surface area (Å²) < 4.78 is 5.63. The van der Waals surface area contributed by atoms with E-state index < -0.39 is 0 Å². The number of benzene rings is 1. The zero-order valence-electron chi connectivity index (χ0n) is 10.4. The van der Waals surface area contributed by atoms with Gasteiger partial charge in [-0.1, -0.05) is 12.1 Å². The smallest absolute Gasteiger partial charge is 0.191 e. The van der Waals surface area contributed by atoms with Gasteiger partial charge in [0.25, 0.3) is 0 Å². The highest BCUT2D eigenvalue weighted by molar-refractivity contribution is 6.07. The predicted molar refractivity (Wildman–Crippen MR) is 67.2 cm³/mol. The number of hydrogen-bond donors (Lipinski definition) is 1. The molecule has 3 heteroatoms. The number of rotatable bonds is 1. The Balaban J connectivity index is 2.26. The molecule has 3 nitrogen and oxygen atoms in total. The Morgan fingerprint density at radius 1 is 1.24 bits per heavy atom. The number of ether oxygens (including phenoxy) is 1. The fraction of sp³-hybridized carbons (Fsp3) is 0.357. The van der Waals surface area contributed by atoms with Crippen LogP contribution in [0.4, 0.5) is 0 Å². The first-order valence-electron chi connectivity index (χ1n) is 5.71. The van der Waals surface area contributed by atoms with Crippen LogP contribution in [0.25, 0.3) is 0 Å². The molecule has 17 heavy (non-hydrogen) atoms. The first-order chi connectivity index (χ1) is 7.96. The van der Waals surface area contributed by atoms with Gasteiger partial charge < -0.3 is 10.1 Å². The van der Waals surface area contributed by atoms with Crippen molar-refractivity contribution in [1.82, 2.24) is 5.32 Å². The molecular weight excluding hydrogens is 214 g/mol. The van der Waals surface area contributed by atoms with Gasteiger partial charge in [0, 0.05) is 11.6 Å². The van der Waals surface area contributed by atoms with E-state index in [2.05, 4.69) is 26.1 Å². The Kier molecular flexibility index (Phi) is 2.92. The third kappa shape index (κ3) is 2.87. The fourth-order valence-corrected chi connectivity index (χ4v) is 1.78. The van der Waals surface area contributed by atoms with E-state index in [4.69, 9.17) is 4.74 Å². The van der Waals surface area contributed by atoms with Crippen molar-refractivity contribution in [3.05, 3.63) is 41.6 Å². The Morgan fingerprint density at radius 2 is 1.94 bits per heavy atom. The Hall–Kier alpha value is -1.77. The first-order valence-corrected chi connectivity index (χ1v) is 5.71. The summed E-state index contributed by atoms with van der Waals surface area (Å²) in [6, 6.07) is 7.32. The molecule has 90 valence electrons. The SMILES string of the molecule is CC(C)(C)NC1=CC(=O)c2ccccc2OC1. The normalized spacial score (nSPS) is 15.5. The van der Waals surface area contributed by atoms with E-state index in [1.165, 1.54) is 0 Å². The summed E-state index contributed by atoms with van der Waals surface area (Å²) in [7, 11) is 0. The average molecular weight is 231 g/mol. The van der Waals surface area contributed by atoms with Crippen molar-refractivity contribution in [1.29, 1.82) is 0 Å². The molecule has 0 aromatic heterocycles. The minimum atomic E-state index is -0.0774. The van der Waals surface area contributed by atoms with Gasteiger partial charge in [-0.25, -0.2) is 0 Å². The van der Waals surface area contributed by atoms with Crippen LogP contribution in [0.3, 0.4) is 0 Å². The maximum absolute atomic E-state index is 12.0. The van der Waals surface area contributed by atoms with E-state index in [0.29, 0.717) is 17.9 Å². The van der Waals surface area contributed by atoms with Crippen LogP contribution in [0.5, 0.6) is 5.75 Å². The molecule has 0 unspecified atom stereocenters. The lowest BCUT2D eigenvalue weighted by Crippen LogP contribution is -2.36. The molecule has 0 saturated carbocycles. The molecule has 1 aliphatic rings. The van der Waals surface area contributed by atoms with E-state index >= 15 is 0 Å². The fourth-order valence-electron chi connectivity index (χ4n) is 1.78. The van der Waals surface area contributed by atoms with Crippen LogP contribution < -0.4 is 10.1 Å². The summed E-state index contributed by atoms with van der Waals surface area (Å²) >= 11 is 0. The third-order valence-electron chi connectivity index (χ3n) is 2.38. The van der Waals surface area contributed by atoms with Crippen LogP contribution in [-0.2, 0) is 0 Å². The maximum atomic E-state index is 12.0. The lowest BCUT2D eigenvalue weighted by molar-refractivity contribution is 0.104. The highest BCUT2D eigenvalue weighted by Crippen LogP contribution is 2.22. The van der Waals surface area contributed by atoms with Gasteiger partial charge in [0.15, 0.2) is 5.78 Å². The number of fused-ring (bicyclic) bond motifs is 1. The summed E-state index contributed by atoms with van der Waals surface area (Å²) in [5.74, 6) is 0.643. The molecule has 0 spiro atoms. The largest absolute Gasteiger partial charge is 0.487 e. The third-order valence-corrected chi connectivity index (χ3v) is 2.38. The van der Waals surface area contributed by atoms with Crippen molar-refractivity contribution in [2.24, 2.45) is 0 Å². The molecule has 0 saturated heterocycles. The summed E-state index contributed by atoms with van der Waals surface area (Å²) in [5, 5.41) is 3.28. The zero-order chi connectivity index (χ0) is 12.5. The van der Waals surface area contributed by atoms with E-state index in [1.54, 1.807) is 12.1 Å².